The highest BCUT2D eigenvalue weighted by Gasteiger charge is 2.16. The molecule has 0 unspecified atom stereocenters. The number of carbonyl (C=O) groups excluding carboxylic acids is 1. The van der Waals surface area contributed by atoms with Gasteiger partial charge in [-0.05, 0) is 67.8 Å². The number of methoxy groups -OCH3 is 2. The SMILES string of the molecule is COc1ccc(C(=O)Nc2ccc3nc(N4CCCC4)cc(C)c3c2)cc1OC. The number of pyridine rings is 1. The second kappa shape index (κ2) is 7.99. The molecule has 1 aliphatic heterocycles. The Labute approximate surface area is 170 Å². The number of fused-ring (bicyclic) bond motifs is 1. The van der Waals surface area contributed by atoms with E-state index in [1.807, 2.05) is 18.2 Å². The summed E-state index contributed by atoms with van der Waals surface area (Å²) < 4.78 is 10.5. The first-order valence-electron chi connectivity index (χ1n) is 9.79. The van der Waals surface area contributed by atoms with Gasteiger partial charge >= 0.3 is 0 Å². The number of benzene rings is 2. The van der Waals surface area contributed by atoms with Gasteiger partial charge in [0.15, 0.2) is 11.5 Å². The molecule has 0 radical (unpaired) electrons. The van der Waals surface area contributed by atoms with Crippen molar-refractivity contribution in [2.45, 2.75) is 19.8 Å². The third-order valence-corrected chi connectivity index (χ3v) is 5.34. The Kier molecular flexibility index (Phi) is 5.25. The van der Waals surface area contributed by atoms with Crippen LogP contribution in [-0.2, 0) is 0 Å². The van der Waals surface area contributed by atoms with Crippen molar-refractivity contribution >= 4 is 28.3 Å². The fourth-order valence-electron chi connectivity index (χ4n) is 3.74. The van der Waals surface area contributed by atoms with Gasteiger partial charge in [0, 0.05) is 29.7 Å². The van der Waals surface area contributed by atoms with Crippen molar-refractivity contribution < 1.29 is 14.3 Å². The fourth-order valence-corrected chi connectivity index (χ4v) is 3.74. The number of anilines is 2. The van der Waals surface area contributed by atoms with Crippen LogP contribution in [0.1, 0.15) is 28.8 Å². The number of carbonyl (C=O) groups is 1. The van der Waals surface area contributed by atoms with Crippen LogP contribution in [0.4, 0.5) is 11.5 Å². The zero-order valence-electron chi connectivity index (χ0n) is 17.0. The standard InChI is InChI=1S/C23H25N3O3/c1-15-12-22(26-10-4-5-11-26)25-19-8-7-17(14-18(15)19)24-23(27)16-6-9-20(28-2)21(13-16)29-3/h6-9,12-14H,4-5,10-11H2,1-3H3,(H,24,27). The molecule has 6 nitrogen and oxygen atoms in total. The molecular weight excluding hydrogens is 366 g/mol. The van der Waals surface area contributed by atoms with E-state index in [0.717, 1.165) is 41.1 Å². The van der Waals surface area contributed by atoms with Gasteiger partial charge in [0.1, 0.15) is 5.82 Å². The molecule has 1 aliphatic rings. The van der Waals surface area contributed by atoms with Crippen LogP contribution in [0.3, 0.4) is 0 Å². The van der Waals surface area contributed by atoms with Crippen molar-refractivity contribution in [2.75, 3.05) is 37.5 Å². The van der Waals surface area contributed by atoms with Gasteiger partial charge in [-0.25, -0.2) is 4.98 Å². The first kappa shape index (κ1) is 19.1. The summed E-state index contributed by atoms with van der Waals surface area (Å²) in [5.41, 5.74) is 3.33. The van der Waals surface area contributed by atoms with Gasteiger partial charge in [0.05, 0.1) is 19.7 Å². The average Bonchev–Trinajstić information content (AvgIpc) is 3.28. The molecule has 1 N–H and O–H groups in total. The number of amides is 1. The lowest BCUT2D eigenvalue weighted by atomic mass is 10.1. The first-order valence-corrected chi connectivity index (χ1v) is 9.79. The van der Waals surface area contributed by atoms with E-state index in [-0.39, 0.29) is 5.91 Å². The summed E-state index contributed by atoms with van der Waals surface area (Å²) in [5, 5.41) is 4.00. The van der Waals surface area contributed by atoms with Crippen LogP contribution < -0.4 is 19.7 Å². The highest BCUT2D eigenvalue weighted by molar-refractivity contribution is 6.05. The molecule has 0 bridgehead atoms. The molecule has 6 heteroatoms. The Morgan fingerprint density at radius 3 is 2.48 bits per heavy atom. The molecule has 0 saturated carbocycles. The van der Waals surface area contributed by atoms with Gasteiger partial charge in [0.25, 0.3) is 5.91 Å². The summed E-state index contributed by atoms with van der Waals surface area (Å²) >= 11 is 0. The maximum atomic E-state index is 12.7. The summed E-state index contributed by atoms with van der Waals surface area (Å²) in [5.74, 6) is 1.94. The van der Waals surface area contributed by atoms with Crippen molar-refractivity contribution in [3.05, 3.63) is 53.6 Å². The Balaban J connectivity index is 1.59. The normalized spacial score (nSPS) is 13.6. The highest BCUT2D eigenvalue weighted by atomic mass is 16.5. The highest BCUT2D eigenvalue weighted by Crippen LogP contribution is 2.29. The topological polar surface area (TPSA) is 63.7 Å². The molecule has 0 aliphatic carbocycles. The van der Waals surface area contributed by atoms with Gasteiger partial charge < -0.3 is 19.7 Å². The number of aryl methyl sites for hydroxylation is 1. The monoisotopic (exact) mass is 391 g/mol. The van der Waals surface area contributed by atoms with Crippen LogP contribution in [-0.4, -0.2) is 38.2 Å². The lowest BCUT2D eigenvalue weighted by Crippen LogP contribution is -2.19. The molecule has 3 aromatic rings. The zero-order chi connectivity index (χ0) is 20.4. The minimum absolute atomic E-state index is 0.204. The van der Waals surface area contributed by atoms with Crippen LogP contribution in [0.2, 0.25) is 0 Å². The molecule has 150 valence electrons. The zero-order valence-corrected chi connectivity index (χ0v) is 17.0. The predicted octanol–water partition coefficient (Wildman–Crippen LogP) is 4.41. The van der Waals surface area contributed by atoms with E-state index in [9.17, 15) is 4.79 Å². The molecular formula is C23H25N3O3. The van der Waals surface area contributed by atoms with Crippen LogP contribution >= 0.6 is 0 Å². The van der Waals surface area contributed by atoms with E-state index in [1.54, 1.807) is 32.4 Å². The van der Waals surface area contributed by atoms with Crippen LogP contribution in [0, 0.1) is 6.92 Å². The minimum Gasteiger partial charge on any atom is -0.493 e. The number of aromatic nitrogens is 1. The molecule has 0 atom stereocenters. The molecule has 4 rings (SSSR count). The molecule has 2 aromatic carbocycles. The number of nitrogens with zero attached hydrogens (tertiary/aromatic N) is 2. The van der Waals surface area contributed by atoms with Crippen molar-refractivity contribution in [2.24, 2.45) is 0 Å². The van der Waals surface area contributed by atoms with Crippen LogP contribution in [0.15, 0.2) is 42.5 Å². The van der Waals surface area contributed by atoms with Gasteiger partial charge in [0.2, 0.25) is 0 Å². The largest absolute Gasteiger partial charge is 0.493 e. The summed E-state index contributed by atoms with van der Waals surface area (Å²) in [4.78, 5) is 19.9. The van der Waals surface area contributed by atoms with E-state index < -0.39 is 0 Å². The van der Waals surface area contributed by atoms with Gasteiger partial charge in [-0.2, -0.15) is 0 Å². The summed E-state index contributed by atoms with van der Waals surface area (Å²) in [7, 11) is 3.12. The second-order valence-electron chi connectivity index (χ2n) is 7.25. The summed E-state index contributed by atoms with van der Waals surface area (Å²) in [6.07, 6.45) is 2.44. The lowest BCUT2D eigenvalue weighted by molar-refractivity contribution is 0.102. The quantitative estimate of drug-likeness (QED) is 0.698. The molecule has 1 amide bonds. The second-order valence-corrected chi connectivity index (χ2v) is 7.25. The number of rotatable bonds is 5. The van der Waals surface area contributed by atoms with Gasteiger partial charge in [-0.1, -0.05) is 0 Å². The minimum atomic E-state index is -0.204. The van der Waals surface area contributed by atoms with E-state index in [1.165, 1.54) is 12.8 Å². The molecule has 1 aromatic heterocycles. The molecule has 1 fully saturated rings. The van der Waals surface area contributed by atoms with Crippen molar-refractivity contribution in [3.63, 3.8) is 0 Å². The average molecular weight is 391 g/mol. The Hall–Kier alpha value is -3.28. The molecule has 0 spiro atoms. The maximum absolute atomic E-state index is 12.7. The summed E-state index contributed by atoms with van der Waals surface area (Å²) in [6, 6.07) is 13.1. The number of nitrogens with one attached hydrogen (secondary N) is 1. The van der Waals surface area contributed by atoms with Crippen molar-refractivity contribution in [1.29, 1.82) is 0 Å². The summed E-state index contributed by atoms with van der Waals surface area (Å²) in [6.45, 7) is 4.22. The maximum Gasteiger partial charge on any atom is 0.255 e. The van der Waals surface area contributed by atoms with E-state index >= 15 is 0 Å². The fraction of sp³-hybridized carbons (Fsp3) is 0.304. The van der Waals surface area contributed by atoms with Gasteiger partial charge in [-0.15, -0.1) is 0 Å². The Morgan fingerprint density at radius 1 is 1.00 bits per heavy atom. The predicted molar refractivity (Wildman–Crippen MR) is 115 cm³/mol. The molecule has 2 heterocycles. The van der Waals surface area contributed by atoms with E-state index in [2.05, 4.69) is 23.2 Å². The smallest absolute Gasteiger partial charge is 0.255 e. The first-order chi connectivity index (χ1) is 14.1. The number of hydrogen-bond donors (Lipinski definition) is 1. The van der Waals surface area contributed by atoms with Crippen LogP contribution in [0.25, 0.3) is 10.9 Å². The third kappa shape index (κ3) is 3.83. The van der Waals surface area contributed by atoms with E-state index in [4.69, 9.17) is 14.5 Å². The lowest BCUT2D eigenvalue weighted by Gasteiger charge is -2.18. The molecule has 1 saturated heterocycles. The number of hydrogen-bond acceptors (Lipinski definition) is 5. The van der Waals surface area contributed by atoms with Crippen LogP contribution in [0.5, 0.6) is 11.5 Å². The van der Waals surface area contributed by atoms with Gasteiger partial charge in [-0.3, -0.25) is 4.79 Å². The Morgan fingerprint density at radius 2 is 1.76 bits per heavy atom. The van der Waals surface area contributed by atoms with E-state index in [0.29, 0.717) is 17.1 Å². The number of ether oxygens (including phenoxy) is 2. The van der Waals surface area contributed by atoms with Crippen molar-refractivity contribution in [3.8, 4) is 11.5 Å². The third-order valence-electron chi connectivity index (χ3n) is 5.34. The Bertz CT molecular complexity index is 1060. The molecule has 29 heavy (non-hydrogen) atoms. The van der Waals surface area contributed by atoms with Crippen molar-refractivity contribution in [1.82, 2.24) is 4.98 Å².